The van der Waals surface area contributed by atoms with Crippen LogP contribution in [0.5, 0.6) is 0 Å². The van der Waals surface area contributed by atoms with Gasteiger partial charge in [-0.05, 0) is 0 Å². The van der Waals surface area contributed by atoms with Gasteiger partial charge in [0.25, 0.3) is 0 Å². The molecule has 1 heterocycles. The molecule has 0 aliphatic rings. The van der Waals surface area contributed by atoms with E-state index in [0.29, 0.717) is 4.90 Å². The Hall–Kier alpha value is -0.840. The van der Waals surface area contributed by atoms with Crippen LogP contribution in [0.4, 0.5) is 0 Å². The van der Waals surface area contributed by atoms with E-state index >= 15 is 0 Å². The van der Waals surface area contributed by atoms with Crippen molar-refractivity contribution in [2.45, 2.75) is 4.90 Å². The van der Waals surface area contributed by atoms with Crippen LogP contribution in [0.15, 0.2) is 17.3 Å². The van der Waals surface area contributed by atoms with Crippen LogP contribution in [-0.2, 0) is 16.8 Å². The van der Waals surface area contributed by atoms with E-state index in [9.17, 15) is 4.21 Å². The zero-order valence-electron chi connectivity index (χ0n) is 5.87. The Kier molecular flexibility index (Phi) is 1.52. The maximum absolute atomic E-state index is 11.0. The maximum atomic E-state index is 11.0. The van der Waals surface area contributed by atoms with E-state index in [0.717, 1.165) is 0 Å². The Bertz CT molecular complexity index is 324. The van der Waals surface area contributed by atoms with Crippen molar-refractivity contribution in [3.8, 4) is 0 Å². The van der Waals surface area contributed by atoms with Gasteiger partial charge in [-0.15, -0.1) is 0 Å². The summed E-state index contributed by atoms with van der Waals surface area (Å²) in [6.07, 6.45) is 4.43. The van der Waals surface area contributed by atoms with Crippen LogP contribution in [-0.4, -0.2) is 20.2 Å². The summed E-state index contributed by atoms with van der Waals surface area (Å²) in [6.45, 7) is 0. The third-order valence-electron chi connectivity index (χ3n) is 1.13. The molecular weight excluding hydrogens is 150 g/mol. The summed E-state index contributed by atoms with van der Waals surface area (Å²) in [7, 11) is -0.834. The lowest BCUT2D eigenvalue weighted by atomic mass is 10.7. The molecule has 0 spiro atoms. The molecule has 1 atom stereocenters. The fourth-order valence-corrected chi connectivity index (χ4v) is 1.20. The second-order valence-corrected chi connectivity index (χ2v) is 4.35. The molecule has 1 aromatic rings. The smallest absolute Gasteiger partial charge is 0.0848 e. The predicted octanol–water partition coefficient (Wildman–Crippen LogP) is 0.456. The standard InChI is InChI=1S/C5H9N3OS/c1-8-4-5(3-7-8)10(2,6)9/h3-4,6H,1-2H3/t10-/m0/s1. The topological polar surface area (TPSA) is 58.7 Å². The molecule has 0 aromatic carbocycles. The van der Waals surface area contributed by atoms with Crippen molar-refractivity contribution in [2.75, 3.05) is 6.26 Å². The quantitative estimate of drug-likeness (QED) is 0.647. The molecule has 0 saturated heterocycles. The zero-order valence-corrected chi connectivity index (χ0v) is 6.68. The molecule has 0 saturated carbocycles. The van der Waals surface area contributed by atoms with Crippen LogP contribution in [0.3, 0.4) is 0 Å². The highest BCUT2D eigenvalue weighted by molar-refractivity contribution is 7.91. The monoisotopic (exact) mass is 159 g/mol. The van der Waals surface area contributed by atoms with Gasteiger partial charge in [0.15, 0.2) is 0 Å². The number of aromatic nitrogens is 2. The summed E-state index contributed by atoms with van der Waals surface area (Å²) in [4.78, 5) is 0.481. The summed E-state index contributed by atoms with van der Waals surface area (Å²) in [6, 6.07) is 0. The van der Waals surface area contributed by atoms with E-state index in [1.165, 1.54) is 17.1 Å². The average molecular weight is 159 g/mol. The van der Waals surface area contributed by atoms with Gasteiger partial charge in [-0.2, -0.15) is 5.10 Å². The summed E-state index contributed by atoms with van der Waals surface area (Å²) in [5.74, 6) is 0. The van der Waals surface area contributed by atoms with Crippen molar-refractivity contribution in [2.24, 2.45) is 7.05 Å². The molecule has 4 nitrogen and oxygen atoms in total. The zero-order chi connectivity index (χ0) is 7.78. The molecule has 0 radical (unpaired) electrons. The number of nitrogens with one attached hydrogen (secondary N) is 1. The van der Waals surface area contributed by atoms with E-state index in [2.05, 4.69) is 5.10 Å². The van der Waals surface area contributed by atoms with Crippen LogP contribution in [0.2, 0.25) is 0 Å². The highest BCUT2D eigenvalue weighted by atomic mass is 32.2. The molecule has 0 fully saturated rings. The first-order valence-electron chi connectivity index (χ1n) is 2.72. The van der Waals surface area contributed by atoms with Crippen molar-refractivity contribution in [3.05, 3.63) is 12.4 Å². The fraction of sp³-hybridized carbons (Fsp3) is 0.400. The molecule has 1 N–H and O–H groups in total. The van der Waals surface area contributed by atoms with Gasteiger partial charge in [-0.1, -0.05) is 0 Å². The van der Waals surface area contributed by atoms with Gasteiger partial charge in [0.1, 0.15) is 0 Å². The minimum Gasteiger partial charge on any atom is -0.275 e. The molecule has 1 aromatic heterocycles. The number of rotatable bonds is 1. The van der Waals surface area contributed by atoms with Gasteiger partial charge in [-0.25, -0.2) is 8.99 Å². The molecule has 5 heteroatoms. The van der Waals surface area contributed by atoms with E-state index < -0.39 is 9.73 Å². The van der Waals surface area contributed by atoms with E-state index in [1.807, 2.05) is 0 Å². The van der Waals surface area contributed by atoms with Crippen molar-refractivity contribution in [1.82, 2.24) is 9.78 Å². The van der Waals surface area contributed by atoms with Gasteiger partial charge in [0.05, 0.1) is 20.8 Å². The van der Waals surface area contributed by atoms with Gasteiger partial charge in [-0.3, -0.25) is 4.68 Å². The van der Waals surface area contributed by atoms with Gasteiger partial charge >= 0.3 is 0 Å². The SMILES string of the molecule is Cn1cc([S@@](C)(=N)=O)cn1. The third-order valence-corrected chi connectivity index (χ3v) is 2.24. The Labute approximate surface area is 59.8 Å². The molecule has 0 unspecified atom stereocenters. The second kappa shape index (κ2) is 2.09. The Morgan fingerprint density at radius 2 is 2.40 bits per heavy atom. The number of aryl methyl sites for hydroxylation is 1. The van der Waals surface area contributed by atoms with Crippen molar-refractivity contribution in [3.63, 3.8) is 0 Å². The van der Waals surface area contributed by atoms with Crippen molar-refractivity contribution in [1.29, 1.82) is 4.78 Å². The molecule has 0 aliphatic carbocycles. The molecular formula is C5H9N3OS. The molecule has 0 aliphatic heterocycles. The lowest BCUT2D eigenvalue weighted by molar-refractivity contribution is 0.678. The Morgan fingerprint density at radius 3 is 2.60 bits per heavy atom. The van der Waals surface area contributed by atoms with Crippen LogP contribution in [0.25, 0.3) is 0 Å². The fourth-order valence-electron chi connectivity index (χ4n) is 0.600. The van der Waals surface area contributed by atoms with Crippen LogP contribution < -0.4 is 0 Å². The highest BCUT2D eigenvalue weighted by Gasteiger charge is 2.03. The van der Waals surface area contributed by atoms with Crippen LogP contribution in [0, 0.1) is 4.78 Å². The minimum atomic E-state index is -2.57. The lowest BCUT2D eigenvalue weighted by Gasteiger charge is -1.91. The molecule has 56 valence electrons. The first-order valence-corrected chi connectivity index (χ1v) is 4.69. The predicted molar refractivity (Wildman–Crippen MR) is 38.3 cm³/mol. The van der Waals surface area contributed by atoms with Crippen LogP contribution in [0.1, 0.15) is 0 Å². The number of hydrogen-bond acceptors (Lipinski definition) is 3. The average Bonchev–Trinajstić information content (AvgIpc) is 2.11. The first-order chi connectivity index (χ1) is 4.50. The first kappa shape index (κ1) is 7.27. The van der Waals surface area contributed by atoms with Gasteiger partial charge in [0, 0.05) is 19.5 Å². The van der Waals surface area contributed by atoms with Crippen molar-refractivity contribution >= 4 is 9.73 Å². The van der Waals surface area contributed by atoms with Crippen LogP contribution >= 0.6 is 0 Å². The normalized spacial score (nSPS) is 16.6. The van der Waals surface area contributed by atoms with Crippen molar-refractivity contribution < 1.29 is 4.21 Å². The van der Waals surface area contributed by atoms with E-state index in [1.54, 1.807) is 13.2 Å². The molecule has 0 bridgehead atoms. The van der Waals surface area contributed by atoms with Gasteiger partial charge < -0.3 is 0 Å². The van der Waals surface area contributed by atoms with E-state index in [-0.39, 0.29) is 0 Å². The molecule has 0 amide bonds. The minimum absolute atomic E-state index is 0.481. The summed E-state index contributed by atoms with van der Waals surface area (Å²) >= 11 is 0. The highest BCUT2D eigenvalue weighted by Crippen LogP contribution is 2.05. The van der Waals surface area contributed by atoms with E-state index in [4.69, 9.17) is 4.78 Å². The largest absolute Gasteiger partial charge is 0.275 e. The molecule has 10 heavy (non-hydrogen) atoms. The number of hydrogen-bond donors (Lipinski definition) is 1. The Morgan fingerprint density at radius 1 is 1.80 bits per heavy atom. The number of nitrogens with zero attached hydrogens (tertiary/aromatic N) is 2. The third kappa shape index (κ3) is 1.36. The van der Waals surface area contributed by atoms with Gasteiger partial charge in [0.2, 0.25) is 0 Å². The maximum Gasteiger partial charge on any atom is 0.0848 e. The summed E-state index contributed by atoms with van der Waals surface area (Å²) < 4.78 is 19.7. The summed E-state index contributed by atoms with van der Waals surface area (Å²) in [5.41, 5.74) is 0. The second-order valence-electron chi connectivity index (χ2n) is 2.19. The lowest BCUT2D eigenvalue weighted by Crippen LogP contribution is -1.91. The molecule has 1 rings (SSSR count). The summed E-state index contributed by atoms with van der Waals surface area (Å²) in [5, 5.41) is 3.80. The Balaban J connectivity index is 3.21.